The predicted molar refractivity (Wildman–Crippen MR) is 86.0 cm³/mol. The molecule has 0 aliphatic rings. The van der Waals surface area contributed by atoms with E-state index in [2.05, 4.69) is 50.1 Å². The highest BCUT2D eigenvalue weighted by Crippen LogP contribution is 2.32. The van der Waals surface area contributed by atoms with Crippen molar-refractivity contribution in [2.45, 2.75) is 25.3 Å². The van der Waals surface area contributed by atoms with E-state index in [1.165, 1.54) is 5.56 Å². The summed E-state index contributed by atoms with van der Waals surface area (Å²) in [7, 11) is 0. The van der Waals surface area contributed by atoms with Gasteiger partial charge in [0.2, 0.25) is 0 Å². The molecule has 0 spiro atoms. The van der Waals surface area contributed by atoms with Crippen LogP contribution in [0.5, 0.6) is 5.75 Å². The molecule has 0 N–H and O–H groups in total. The maximum Gasteiger partial charge on any atom is 0.189 e. The van der Waals surface area contributed by atoms with Gasteiger partial charge < -0.3 is 9.47 Å². The van der Waals surface area contributed by atoms with Crippen LogP contribution in [0.15, 0.2) is 34.8 Å². The molecule has 0 saturated carbocycles. The lowest BCUT2D eigenvalue weighted by Crippen LogP contribution is -2.09. The second kappa shape index (κ2) is 6.73. The van der Waals surface area contributed by atoms with Crippen LogP contribution in [0.3, 0.4) is 0 Å². The highest BCUT2D eigenvalue weighted by atomic mass is 79.9. The molecular formula is C15H16Br2O2. The van der Waals surface area contributed by atoms with Gasteiger partial charge >= 0.3 is 0 Å². The van der Waals surface area contributed by atoms with Crippen molar-refractivity contribution in [3.63, 3.8) is 0 Å². The first-order valence-electron chi connectivity index (χ1n) is 6.13. The number of fused-ring (bicyclic) bond motifs is 1. The van der Waals surface area contributed by atoms with Gasteiger partial charge in [-0.15, -0.1) is 0 Å². The molecule has 19 heavy (non-hydrogen) atoms. The molecular weight excluding hydrogens is 372 g/mol. The minimum atomic E-state index is 0.168. The summed E-state index contributed by atoms with van der Waals surface area (Å²) in [5.74, 6) is 0.847. The van der Waals surface area contributed by atoms with E-state index < -0.39 is 0 Å². The smallest absolute Gasteiger partial charge is 0.189 e. The Bertz CT molecular complexity index is 567. The molecule has 2 aromatic carbocycles. The van der Waals surface area contributed by atoms with Gasteiger partial charge in [-0.05, 0) is 43.0 Å². The van der Waals surface area contributed by atoms with E-state index in [4.69, 9.17) is 9.47 Å². The van der Waals surface area contributed by atoms with E-state index in [0.29, 0.717) is 0 Å². The fourth-order valence-electron chi connectivity index (χ4n) is 1.77. The molecule has 2 aromatic rings. The van der Waals surface area contributed by atoms with Crippen LogP contribution in [0.25, 0.3) is 10.8 Å². The van der Waals surface area contributed by atoms with E-state index in [-0.39, 0.29) is 12.9 Å². The number of alkyl halides is 1. The summed E-state index contributed by atoms with van der Waals surface area (Å²) in [6.45, 7) is 4.26. The zero-order chi connectivity index (χ0) is 13.8. The van der Waals surface area contributed by atoms with Crippen LogP contribution in [-0.4, -0.2) is 12.9 Å². The second-order valence-corrected chi connectivity index (χ2v) is 5.95. The van der Waals surface area contributed by atoms with Crippen LogP contribution >= 0.6 is 31.9 Å². The Kier molecular flexibility index (Phi) is 5.25. The fraction of sp³-hybridized carbons (Fsp3) is 0.333. The number of halogens is 2. The molecule has 0 saturated heterocycles. The number of ether oxygens (including phenoxy) is 2. The standard InChI is InChI=1S/C15H16Br2O2/c1-10(2)18-9-19-15-6-5-14(17)13-7-11(8-16)3-4-12(13)15/h3-7,10H,8-9H2,1-2H3. The lowest BCUT2D eigenvalue weighted by Gasteiger charge is -2.13. The third-order valence-corrected chi connectivity index (χ3v) is 4.10. The van der Waals surface area contributed by atoms with Gasteiger partial charge in [0.05, 0.1) is 6.10 Å². The average Bonchev–Trinajstić information content (AvgIpc) is 2.41. The van der Waals surface area contributed by atoms with Gasteiger partial charge in [-0.2, -0.15) is 0 Å². The van der Waals surface area contributed by atoms with Crippen LogP contribution in [0.4, 0.5) is 0 Å². The van der Waals surface area contributed by atoms with Crippen molar-refractivity contribution >= 4 is 42.6 Å². The van der Waals surface area contributed by atoms with Crippen molar-refractivity contribution in [3.8, 4) is 5.75 Å². The first kappa shape index (κ1) is 14.8. The van der Waals surface area contributed by atoms with Gasteiger partial charge in [-0.25, -0.2) is 0 Å². The third-order valence-electron chi connectivity index (χ3n) is 2.76. The van der Waals surface area contributed by atoms with Crippen LogP contribution in [0.2, 0.25) is 0 Å². The molecule has 0 aromatic heterocycles. The SMILES string of the molecule is CC(C)OCOc1ccc(Br)c2cc(CBr)ccc12. The summed E-state index contributed by atoms with van der Waals surface area (Å²) >= 11 is 7.06. The van der Waals surface area contributed by atoms with Gasteiger partial charge in [-0.3, -0.25) is 0 Å². The Morgan fingerprint density at radius 1 is 1.11 bits per heavy atom. The summed E-state index contributed by atoms with van der Waals surface area (Å²) in [6, 6.07) is 10.3. The highest BCUT2D eigenvalue weighted by molar-refractivity contribution is 9.10. The van der Waals surface area contributed by atoms with Crippen molar-refractivity contribution in [1.29, 1.82) is 0 Å². The van der Waals surface area contributed by atoms with Crippen molar-refractivity contribution in [2.24, 2.45) is 0 Å². The summed E-state index contributed by atoms with van der Waals surface area (Å²) < 4.78 is 12.2. The van der Waals surface area contributed by atoms with Gasteiger partial charge in [0, 0.05) is 15.2 Å². The molecule has 0 aliphatic heterocycles. The molecule has 0 atom stereocenters. The van der Waals surface area contributed by atoms with E-state index in [1.54, 1.807) is 0 Å². The Morgan fingerprint density at radius 2 is 1.89 bits per heavy atom. The van der Waals surface area contributed by atoms with E-state index in [9.17, 15) is 0 Å². The molecule has 0 radical (unpaired) electrons. The predicted octanol–water partition coefficient (Wildman–Crippen LogP) is 5.26. The normalized spacial score (nSPS) is 11.2. The summed E-state index contributed by atoms with van der Waals surface area (Å²) in [6.07, 6.45) is 0.168. The molecule has 0 unspecified atom stereocenters. The molecule has 4 heteroatoms. The topological polar surface area (TPSA) is 18.5 Å². The average molecular weight is 388 g/mol. The number of rotatable bonds is 5. The Morgan fingerprint density at radius 3 is 2.58 bits per heavy atom. The number of hydrogen-bond acceptors (Lipinski definition) is 2. The summed E-state index contributed by atoms with van der Waals surface area (Å²) in [5.41, 5.74) is 1.24. The van der Waals surface area contributed by atoms with E-state index >= 15 is 0 Å². The first-order valence-corrected chi connectivity index (χ1v) is 8.04. The Balaban J connectivity index is 2.32. The van der Waals surface area contributed by atoms with Crippen molar-refractivity contribution in [3.05, 3.63) is 40.4 Å². The van der Waals surface area contributed by atoms with Crippen molar-refractivity contribution in [2.75, 3.05) is 6.79 Å². The molecule has 2 rings (SSSR count). The first-order chi connectivity index (χ1) is 9.11. The van der Waals surface area contributed by atoms with Gasteiger partial charge in [0.15, 0.2) is 6.79 Å². The molecule has 0 heterocycles. The maximum atomic E-state index is 5.70. The zero-order valence-electron chi connectivity index (χ0n) is 11.0. The van der Waals surface area contributed by atoms with Crippen molar-refractivity contribution < 1.29 is 9.47 Å². The zero-order valence-corrected chi connectivity index (χ0v) is 14.1. The van der Waals surface area contributed by atoms with E-state index in [0.717, 1.165) is 26.3 Å². The molecule has 0 aliphatic carbocycles. The number of benzene rings is 2. The van der Waals surface area contributed by atoms with Crippen LogP contribution < -0.4 is 4.74 Å². The lowest BCUT2D eigenvalue weighted by molar-refractivity contribution is -0.0192. The van der Waals surface area contributed by atoms with E-state index in [1.807, 2.05) is 26.0 Å². The Hall–Kier alpha value is -0.580. The monoisotopic (exact) mass is 386 g/mol. The van der Waals surface area contributed by atoms with Crippen LogP contribution in [0, 0.1) is 0 Å². The Labute approximate surface area is 130 Å². The second-order valence-electron chi connectivity index (χ2n) is 4.54. The van der Waals surface area contributed by atoms with Gasteiger partial charge in [0.25, 0.3) is 0 Å². The third kappa shape index (κ3) is 3.71. The summed E-state index contributed by atoms with van der Waals surface area (Å²) in [5, 5.41) is 3.09. The molecule has 102 valence electrons. The van der Waals surface area contributed by atoms with Gasteiger partial charge in [0.1, 0.15) is 5.75 Å². The summed E-state index contributed by atoms with van der Waals surface area (Å²) in [4.78, 5) is 0. The van der Waals surface area contributed by atoms with Crippen LogP contribution in [-0.2, 0) is 10.1 Å². The molecule has 0 bridgehead atoms. The van der Waals surface area contributed by atoms with Gasteiger partial charge in [-0.1, -0.05) is 44.0 Å². The maximum absolute atomic E-state index is 5.70. The quantitative estimate of drug-likeness (QED) is 0.514. The minimum absolute atomic E-state index is 0.168. The molecule has 2 nitrogen and oxygen atoms in total. The van der Waals surface area contributed by atoms with Crippen LogP contribution in [0.1, 0.15) is 19.4 Å². The van der Waals surface area contributed by atoms with Crippen molar-refractivity contribution in [1.82, 2.24) is 0 Å². The molecule has 0 fully saturated rings. The molecule has 0 amide bonds. The largest absolute Gasteiger partial charge is 0.467 e. The highest BCUT2D eigenvalue weighted by Gasteiger charge is 2.07. The lowest BCUT2D eigenvalue weighted by atomic mass is 10.1. The fourth-order valence-corrected chi connectivity index (χ4v) is 2.58. The number of hydrogen-bond donors (Lipinski definition) is 0. The minimum Gasteiger partial charge on any atom is -0.467 e.